The van der Waals surface area contributed by atoms with Crippen LogP contribution in [0, 0.1) is 10.1 Å². The lowest BCUT2D eigenvalue weighted by Gasteiger charge is -2.13. The first-order chi connectivity index (χ1) is 15.4. The number of nitrogens with zero attached hydrogens (tertiary/aromatic N) is 1. The molecule has 2 rings (SSSR count). The van der Waals surface area contributed by atoms with Crippen LogP contribution < -0.4 is 9.46 Å². The van der Waals surface area contributed by atoms with E-state index in [-0.39, 0.29) is 10.6 Å². The largest absolute Gasteiger partial charge is 0.491 e. The third-order valence-corrected chi connectivity index (χ3v) is 6.59. The van der Waals surface area contributed by atoms with Crippen LogP contribution in [-0.2, 0) is 10.0 Å². The van der Waals surface area contributed by atoms with Crippen molar-refractivity contribution in [1.82, 2.24) is 0 Å². The molecule has 0 radical (unpaired) electrons. The van der Waals surface area contributed by atoms with Crippen molar-refractivity contribution in [3.63, 3.8) is 0 Å². The number of nitro groups is 1. The van der Waals surface area contributed by atoms with Crippen molar-refractivity contribution in [2.45, 2.75) is 76.0 Å². The van der Waals surface area contributed by atoms with E-state index >= 15 is 0 Å². The molecule has 0 atom stereocenters. The molecule has 2 aromatic carbocycles. The highest BCUT2D eigenvalue weighted by molar-refractivity contribution is 7.92. The van der Waals surface area contributed by atoms with Crippen molar-refractivity contribution in [2.75, 3.05) is 11.3 Å². The van der Waals surface area contributed by atoms with Gasteiger partial charge in [-0.05, 0) is 24.6 Å². The summed E-state index contributed by atoms with van der Waals surface area (Å²) in [5, 5.41) is 10.9. The lowest BCUT2D eigenvalue weighted by molar-refractivity contribution is -0.385. The molecule has 0 bridgehead atoms. The zero-order chi connectivity index (χ0) is 23.2. The monoisotopic (exact) mass is 462 g/mol. The van der Waals surface area contributed by atoms with Gasteiger partial charge in [0.15, 0.2) is 0 Å². The summed E-state index contributed by atoms with van der Waals surface area (Å²) in [5.41, 5.74) is 0.0319. The minimum Gasteiger partial charge on any atom is -0.491 e. The van der Waals surface area contributed by atoms with Gasteiger partial charge in [-0.15, -0.1) is 0 Å². The number of non-ortho nitro benzene ring substituents is 1. The number of ether oxygens (including phenoxy) is 1. The Morgan fingerprint density at radius 2 is 1.50 bits per heavy atom. The fraction of sp³-hybridized carbons (Fsp3) is 0.500. The maximum absolute atomic E-state index is 12.7. The van der Waals surface area contributed by atoms with Crippen molar-refractivity contribution in [1.29, 1.82) is 0 Å². The average molecular weight is 463 g/mol. The van der Waals surface area contributed by atoms with E-state index in [2.05, 4.69) is 11.6 Å². The van der Waals surface area contributed by atoms with Crippen LogP contribution in [0.25, 0.3) is 0 Å². The molecule has 0 saturated heterocycles. The summed E-state index contributed by atoms with van der Waals surface area (Å²) in [7, 11) is -3.98. The number of para-hydroxylation sites is 2. The van der Waals surface area contributed by atoms with E-state index in [9.17, 15) is 18.5 Å². The third-order valence-electron chi connectivity index (χ3n) is 5.23. The zero-order valence-corrected chi connectivity index (χ0v) is 19.6. The van der Waals surface area contributed by atoms with Gasteiger partial charge in [-0.25, -0.2) is 8.42 Å². The molecule has 0 fully saturated rings. The molecule has 32 heavy (non-hydrogen) atoms. The molecule has 0 unspecified atom stereocenters. The lowest BCUT2D eigenvalue weighted by Crippen LogP contribution is -2.14. The first-order valence-corrected chi connectivity index (χ1v) is 12.9. The number of nitro benzene ring substituents is 1. The van der Waals surface area contributed by atoms with Crippen LogP contribution in [0.5, 0.6) is 5.75 Å². The predicted octanol–water partition coefficient (Wildman–Crippen LogP) is 6.70. The summed E-state index contributed by atoms with van der Waals surface area (Å²) in [6.07, 6.45) is 12.3. The highest BCUT2D eigenvalue weighted by Gasteiger charge is 2.19. The van der Waals surface area contributed by atoms with Gasteiger partial charge in [0.05, 0.1) is 22.1 Å². The number of rotatable bonds is 16. The summed E-state index contributed by atoms with van der Waals surface area (Å²) >= 11 is 0. The van der Waals surface area contributed by atoms with E-state index in [1.807, 2.05) is 0 Å². The van der Waals surface area contributed by atoms with Crippen molar-refractivity contribution in [3.8, 4) is 5.75 Å². The molecule has 0 aliphatic heterocycles. The normalized spacial score (nSPS) is 11.3. The molecular weight excluding hydrogens is 428 g/mol. The fourth-order valence-electron chi connectivity index (χ4n) is 3.42. The van der Waals surface area contributed by atoms with Gasteiger partial charge in [-0.3, -0.25) is 14.8 Å². The van der Waals surface area contributed by atoms with Gasteiger partial charge in [-0.1, -0.05) is 82.9 Å². The molecule has 0 amide bonds. The highest BCUT2D eigenvalue weighted by Crippen LogP contribution is 2.28. The number of anilines is 1. The van der Waals surface area contributed by atoms with E-state index in [1.54, 1.807) is 24.3 Å². The van der Waals surface area contributed by atoms with Gasteiger partial charge in [0, 0.05) is 12.1 Å². The van der Waals surface area contributed by atoms with Crippen LogP contribution in [0.4, 0.5) is 11.4 Å². The van der Waals surface area contributed by atoms with E-state index in [1.165, 1.54) is 69.6 Å². The number of nitrogens with one attached hydrogen (secondary N) is 1. The number of hydrogen-bond acceptors (Lipinski definition) is 5. The molecule has 0 heterocycles. The molecule has 0 aliphatic carbocycles. The Hall–Kier alpha value is -2.61. The Kier molecular flexibility index (Phi) is 11.0. The van der Waals surface area contributed by atoms with E-state index in [0.29, 0.717) is 18.0 Å². The molecule has 0 saturated carbocycles. The van der Waals surface area contributed by atoms with Crippen LogP contribution in [-0.4, -0.2) is 19.9 Å². The van der Waals surface area contributed by atoms with Crippen molar-refractivity contribution >= 4 is 21.4 Å². The topological polar surface area (TPSA) is 98.5 Å². The van der Waals surface area contributed by atoms with Gasteiger partial charge in [0.2, 0.25) is 0 Å². The first kappa shape index (κ1) is 25.6. The lowest BCUT2D eigenvalue weighted by atomic mass is 10.1. The quantitative estimate of drug-likeness (QED) is 0.170. The molecule has 7 nitrogen and oxygen atoms in total. The first-order valence-electron chi connectivity index (χ1n) is 11.4. The number of sulfonamides is 1. The molecule has 0 aromatic heterocycles. The molecular formula is C24H34N2O5S. The van der Waals surface area contributed by atoms with Crippen LogP contribution >= 0.6 is 0 Å². The molecule has 0 spiro atoms. The van der Waals surface area contributed by atoms with Gasteiger partial charge >= 0.3 is 0 Å². The smallest absolute Gasteiger partial charge is 0.270 e. The minimum atomic E-state index is -3.98. The third kappa shape index (κ3) is 8.86. The maximum atomic E-state index is 12.7. The van der Waals surface area contributed by atoms with Gasteiger partial charge in [0.1, 0.15) is 5.75 Å². The van der Waals surface area contributed by atoms with Crippen molar-refractivity contribution < 1.29 is 18.1 Å². The molecule has 8 heteroatoms. The maximum Gasteiger partial charge on any atom is 0.270 e. The Labute approximate surface area is 191 Å². The summed E-state index contributed by atoms with van der Waals surface area (Å²) < 4.78 is 33.7. The molecule has 176 valence electrons. The fourth-order valence-corrected chi connectivity index (χ4v) is 4.53. The minimum absolute atomic E-state index is 0.170. The van der Waals surface area contributed by atoms with E-state index < -0.39 is 14.9 Å². The van der Waals surface area contributed by atoms with E-state index in [0.717, 1.165) is 18.9 Å². The van der Waals surface area contributed by atoms with Gasteiger partial charge < -0.3 is 4.74 Å². The van der Waals surface area contributed by atoms with Gasteiger partial charge in [0.25, 0.3) is 15.7 Å². The zero-order valence-electron chi connectivity index (χ0n) is 18.8. The summed E-state index contributed by atoms with van der Waals surface area (Å²) in [4.78, 5) is 10.2. The summed E-state index contributed by atoms with van der Waals surface area (Å²) in [6.45, 7) is 2.73. The predicted molar refractivity (Wildman–Crippen MR) is 128 cm³/mol. The summed E-state index contributed by atoms with van der Waals surface area (Å²) in [5.74, 6) is 0.442. The van der Waals surface area contributed by atoms with Crippen LogP contribution in [0.3, 0.4) is 0 Å². The molecule has 2 aromatic rings. The number of hydrogen-bond donors (Lipinski definition) is 1. The number of unbranched alkanes of at least 4 members (excludes halogenated alkanes) is 9. The van der Waals surface area contributed by atoms with Gasteiger partial charge in [-0.2, -0.15) is 0 Å². The second kappa shape index (κ2) is 13.7. The SMILES string of the molecule is CCCCCCCCCCCCOc1ccccc1NS(=O)(=O)c1cccc([N+](=O)[O-])c1. The molecule has 1 N–H and O–H groups in total. The Balaban J connectivity index is 1.80. The second-order valence-electron chi connectivity index (χ2n) is 7.89. The van der Waals surface area contributed by atoms with Crippen molar-refractivity contribution in [2.24, 2.45) is 0 Å². The average Bonchev–Trinajstić information content (AvgIpc) is 2.78. The number of benzene rings is 2. The Morgan fingerprint density at radius 3 is 2.16 bits per heavy atom. The van der Waals surface area contributed by atoms with Crippen molar-refractivity contribution in [3.05, 3.63) is 58.6 Å². The van der Waals surface area contributed by atoms with Crippen LogP contribution in [0.1, 0.15) is 71.1 Å². The molecule has 0 aliphatic rings. The highest BCUT2D eigenvalue weighted by atomic mass is 32.2. The Bertz CT molecular complexity index is 947. The standard InChI is InChI=1S/C24H34N2O5S/c1-2-3-4-5-6-7-8-9-10-13-19-31-24-18-12-11-17-23(24)25-32(29,30)22-16-14-15-21(20-22)26(27)28/h11-12,14-18,20,25H,2-10,13,19H2,1H3. The second-order valence-corrected chi connectivity index (χ2v) is 9.57. The van der Waals surface area contributed by atoms with Crippen LogP contribution in [0.15, 0.2) is 53.4 Å². The summed E-state index contributed by atoms with van der Waals surface area (Å²) in [6, 6.07) is 11.8. The van der Waals surface area contributed by atoms with E-state index in [4.69, 9.17) is 4.74 Å². The Morgan fingerprint density at radius 1 is 0.875 bits per heavy atom. The van der Waals surface area contributed by atoms with Crippen LogP contribution in [0.2, 0.25) is 0 Å².